The molecular formula is C30H27N5OPt. The molecule has 0 radical (unpaired) electrons. The normalized spacial score (nSPS) is 11.0. The summed E-state index contributed by atoms with van der Waals surface area (Å²) in [6.45, 7) is 4.06. The zero-order valence-electron chi connectivity index (χ0n) is 21.1. The van der Waals surface area contributed by atoms with Gasteiger partial charge in [-0.1, -0.05) is 24.3 Å². The average molecular weight is 669 g/mol. The number of para-hydroxylation sites is 1. The van der Waals surface area contributed by atoms with Crippen molar-refractivity contribution in [2.24, 2.45) is 0 Å². The summed E-state index contributed by atoms with van der Waals surface area (Å²) in [5.74, 6) is 2.40. The van der Waals surface area contributed by atoms with Crippen molar-refractivity contribution >= 4 is 27.5 Å². The molecule has 3 heterocycles. The number of ether oxygens (including phenoxy) is 1. The first-order valence-electron chi connectivity index (χ1n) is 12.0. The van der Waals surface area contributed by atoms with Crippen molar-refractivity contribution in [1.29, 1.82) is 0 Å². The number of hydrogen-bond acceptors (Lipinski definition) is 4. The molecule has 0 N–H and O–H groups in total. The van der Waals surface area contributed by atoms with Gasteiger partial charge < -0.3 is 9.64 Å². The Balaban J connectivity index is 0.00000280. The molecule has 0 spiro atoms. The molecule has 0 bridgehead atoms. The van der Waals surface area contributed by atoms with Gasteiger partial charge in [-0.25, -0.2) is 9.67 Å². The minimum Gasteiger partial charge on any atom is -0.457 e. The molecule has 3 aromatic carbocycles. The van der Waals surface area contributed by atoms with Crippen LogP contribution in [0.2, 0.25) is 0 Å². The zero-order chi connectivity index (χ0) is 24.8. The van der Waals surface area contributed by atoms with Gasteiger partial charge in [0.15, 0.2) is 0 Å². The number of aryl methyl sites for hydroxylation is 2. The molecular weight excluding hydrogens is 641 g/mol. The molecule has 0 aliphatic carbocycles. The van der Waals surface area contributed by atoms with Gasteiger partial charge in [-0.3, -0.25) is 4.57 Å². The Morgan fingerprint density at radius 3 is 2.32 bits per heavy atom. The summed E-state index contributed by atoms with van der Waals surface area (Å²) in [4.78, 5) is 6.81. The van der Waals surface area contributed by atoms with Crippen molar-refractivity contribution in [1.82, 2.24) is 19.3 Å². The molecule has 0 unspecified atom stereocenters. The molecule has 37 heavy (non-hydrogen) atoms. The molecule has 0 saturated heterocycles. The summed E-state index contributed by atoms with van der Waals surface area (Å²) < 4.78 is 10.5. The number of benzene rings is 3. The van der Waals surface area contributed by atoms with Crippen molar-refractivity contribution in [3.05, 3.63) is 103 Å². The summed E-state index contributed by atoms with van der Waals surface area (Å²) in [6, 6.07) is 28.9. The van der Waals surface area contributed by atoms with E-state index >= 15 is 0 Å². The van der Waals surface area contributed by atoms with Gasteiger partial charge >= 0.3 is 0 Å². The van der Waals surface area contributed by atoms with Gasteiger partial charge in [-0.05, 0) is 56.3 Å². The predicted molar refractivity (Wildman–Crippen MR) is 146 cm³/mol. The maximum absolute atomic E-state index is 6.36. The van der Waals surface area contributed by atoms with E-state index < -0.39 is 0 Å². The molecule has 188 valence electrons. The van der Waals surface area contributed by atoms with Gasteiger partial charge in [-0.2, -0.15) is 5.10 Å². The molecule has 0 aliphatic rings. The summed E-state index contributed by atoms with van der Waals surface area (Å²) in [5.41, 5.74) is 6.30. The zero-order valence-corrected chi connectivity index (χ0v) is 23.4. The van der Waals surface area contributed by atoms with Crippen LogP contribution in [0.4, 0.5) is 5.69 Å². The minimum absolute atomic E-state index is 0. The maximum atomic E-state index is 6.36. The Labute approximate surface area is 230 Å². The van der Waals surface area contributed by atoms with E-state index in [-0.39, 0.29) is 21.1 Å². The molecule has 0 saturated carbocycles. The molecule has 6 rings (SSSR count). The third-order valence-corrected chi connectivity index (χ3v) is 6.43. The summed E-state index contributed by atoms with van der Waals surface area (Å²) in [5, 5.41) is 6.95. The first-order valence-corrected chi connectivity index (χ1v) is 12.0. The molecule has 3 aromatic heterocycles. The number of anilines is 1. The molecule has 0 amide bonds. The molecule has 0 aliphatic heterocycles. The van der Waals surface area contributed by atoms with Crippen LogP contribution < -0.4 is 9.64 Å². The second-order valence-electron chi connectivity index (χ2n) is 9.24. The first kappa shape index (κ1) is 24.8. The smallest absolute Gasteiger partial charge is 0.139 e. The molecule has 6 nitrogen and oxygen atoms in total. The Bertz CT molecular complexity index is 1730. The Hall–Kier alpha value is -3.89. The number of hydrogen-bond donors (Lipinski definition) is 0. The number of nitrogens with zero attached hydrogens (tertiary/aromatic N) is 5. The van der Waals surface area contributed by atoms with Crippen molar-refractivity contribution in [2.75, 3.05) is 19.0 Å². The van der Waals surface area contributed by atoms with Gasteiger partial charge in [-0.15, -0.1) is 0 Å². The van der Waals surface area contributed by atoms with Crippen LogP contribution in [0.5, 0.6) is 11.5 Å². The third-order valence-electron chi connectivity index (χ3n) is 6.43. The Morgan fingerprint density at radius 2 is 1.54 bits per heavy atom. The second kappa shape index (κ2) is 9.87. The van der Waals surface area contributed by atoms with E-state index in [4.69, 9.17) is 9.72 Å². The number of fused-ring (bicyclic) bond motifs is 3. The average Bonchev–Trinajstić information content (AvgIpc) is 3.40. The van der Waals surface area contributed by atoms with Crippen molar-refractivity contribution in [3.63, 3.8) is 0 Å². The van der Waals surface area contributed by atoms with E-state index in [1.54, 1.807) is 0 Å². The second-order valence-corrected chi connectivity index (χ2v) is 9.24. The van der Waals surface area contributed by atoms with Crippen molar-refractivity contribution < 1.29 is 25.8 Å². The van der Waals surface area contributed by atoms with Gasteiger partial charge in [0, 0.05) is 81.7 Å². The van der Waals surface area contributed by atoms with E-state index in [0.29, 0.717) is 0 Å². The number of rotatable bonds is 5. The maximum Gasteiger partial charge on any atom is 0.139 e. The van der Waals surface area contributed by atoms with Crippen molar-refractivity contribution in [3.8, 4) is 23.0 Å². The third kappa shape index (κ3) is 4.54. The van der Waals surface area contributed by atoms with Crippen LogP contribution in [0.25, 0.3) is 33.3 Å². The monoisotopic (exact) mass is 668 g/mol. The summed E-state index contributed by atoms with van der Waals surface area (Å²) in [7, 11) is 4.08. The molecule has 6 aromatic rings. The standard InChI is InChI=1S/C30H27N5O.Pt/c1-20-16-21(2)35(32-20)23-8-7-9-24(17-23)36-25-12-13-27-26-10-5-6-11-28(26)34(29(27)19-25)30-18-22(33(3)4)14-15-31-30;/h5-19H,1-4H3;. The van der Waals surface area contributed by atoms with Crippen LogP contribution in [0.1, 0.15) is 11.4 Å². The van der Waals surface area contributed by atoms with Crippen LogP contribution in [0.15, 0.2) is 91.1 Å². The minimum atomic E-state index is 0. The Morgan fingerprint density at radius 1 is 0.757 bits per heavy atom. The Kier molecular flexibility index (Phi) is 6.61. The van der Waals surface area contributed by atoms with Gasteiger partial charge in [0.1, 0.15) is 17.3 Å². The fourth-order valence-electron chi connectivity index (χ4n) is 4.77. The van der Waals surface area contributed by atoms with Crippen LogP contribution in [0.3, 0.4) is 0 Å². The fraction of sp³-hybridized carbons (Fsp3) is 0.133. The van der Waals surface area contributed by atoms with Crippen LogP contribution in [-0.2, 0) is 21.1 Å². The van der Waals surface area contributed by atoms with Gasteiger partial charge in [0.25, 0.3) is 0 Å². The number of pyridine rings is 1. The van der Waals surface area contributed by atoms with Crippen molar-refractivity contribution in [2.45, 2.75) is 13.8 Å². The van der Waals surface area contributed by atoms with E-state index in [1.807, 2.05) is 68.3 Å². The summed E-state index contributed by atoms with van der Waals surface area (Å²) >= 11 is 0. The topological polar surface area (TPSA) is 48.1 Å². The predicted octanol–water partition coefficient (Wildman–Crippen LogP) is 6.84. The quantitative estimate of drug-likeness (QED) is 0.202. The van der Waals surface area contributed by atoms with Gasteiger partial charge in [0.2, 0.25) is 0 Å². The largest absolute Gasteiger partial charge is 0.457 e. The van der Waals surface area contributed by atoms with Crippen LogP contribution >= 0.6 is 0 Å². The first-order chi connectivity index (χ1) is 17.5. The van der Waals surface area contributed by atoms with E-state index in [1.165, 1.54) is 5.39 Å². The van der Waals surface area contributed by atoms with E-state index in [0.717, 1.165) is 56.5 Å². The summed E-state index contributed by atoms with van der Waals surface area (Å²) in [6.07, 6.45) is 1.86. The molecule has 0 atom stereocenters. The van der Waals surface area contributed by atoms with Crippen LogP contribution in [-0.4, -0.2) is 33.4 Å². The van der Waals surface area contributed by atoms with Crippen LogP contribution in [0, 0.1) is 13.8 Å². The molecule has 7 heteroatoms. The van der Waals surface area contributed by atoms with E-state index in [2.05, 4.69) is 70.0 Å². The molecule has 0 fully saturated rings. The fourth-order valence-corrected chi connectivity index (χ4v) is 4.77. The van der Waals surface area contributed by atoms with E-state index in [9.17, 15) is 0 Å². The SMILES string of the molecule is Cc1cc(C)n(-c2cccc(Oc3ccc4c5ccccc5n(-c5cc(N(C)C)ccn5)c4c3)c2)n1.[Pt]. The van der Waals surface area contributed by atoms with Gasteiger partial charge in [0.05, 0.1) is 22.4 Å². The number of aromatic nitrogens is 4.